The molecule has 0 bridgehead atoms. The van der Waals surface area contributed by atoms with Crippen LogP contribution < -0.4 is 0 Å². The minimum absolute atomic E-state index is 0.0446. The summed E-state index contributed by atoms with van der Waals surface area (Å²) in [6.45, 7) is 13.7. The fraction of sp³-hybridized carbons (Fsp3) is 0.714. The molecule has 0 fully saturated rings. The van der Waals surface area contributed by atoms with Crippen LogP contribution in [-0.2, 0) is 23.5 Å². The van der Waals surface area contributed by atoms with Crippen molar-refractivity contribution >= 4 is 20.3 Å². The van der Waals surface area contributed by atoms with Crippen LogP contribution in [0.15, 0.2) is 11.8 Å². The molecule has 114 valence electrons. The van der Waals surface area contributed by atoms with Gasteiger partial charge in [-0.3, -0.25) is 0 Å². The van der Waals surface area contributed by atoms with Crippen molar-refractivity contribution in [3.05, 3.63) is 11.8 Å². The number of esters is 2. The first-order valence-corrected chi connectivity index (χ1v) is 9.66. The van der Waals surface area contributed by atoms with Gasteiger partial charge in [0.15, 0.2) is 5.76 Å². The molecule has 0 aromatic carbocycles. The van der Waals surface area contributed by atoms with Gasteiger partial charge in [-0.05, 0) is 32.0 Å². The molecule has 20 heavy (non-hydrogen) atoms. The van der Waals surface area contributed by atoms with Gasteiger partial charge in [0.2, 0.25) is 5.60 Å². The topological polar surface area (TPSA) is 61.8 Å². The van der Waals surface area contributed by atoms with Crippen LogP contribution in [-0.4, -0.2) is 32.5 Å². The zero-order valence-electron chi connectivity index (χ0n) is 13.3. The first kappa shape index (κ1) is 16.8. The summed E-state index contributed by atoms with van der Waals surface area (Å²) < 4.78 is 16.0. The number of hydrogen-bond donors (Lipinski definition) is 0. The van der Waals surface area contributed by atoms with Crippen LogP contribution in [0.2, 0.25) is 18.1 Å². The van der Waals surface area contributed by atoms with E-state index < -0.39 is 25.9 Å². The van der Waals surface area contributed by atoms with E-state index in [0.717, 1.165) is 0 Å². The Labute approximate surface area is 121 Å². The van der Waals surface area contributed by atoms with E-state index in [1.165, 1.54) is 13.0 Å². The summed E-state index contributed by atoms with van der Waals surface area (Å²) in [7, 11) is -2.15. The lowest BCUT2D eigenvalue weighted by molar-refractivity contribution is -0.170. The molecule has 1 atom stereocenters. The van der Waals surface area contributed by atoms with Crippen LogP contribution in [0.4, 0.5) is 0 Å². The van der Waals surface area contributed by atoms with Gasteiger partial charge in [0, 0.05) is 6.08 Å². The Morgan fingerprint density at radius 2 is 1.95 bits per heavy atom. The van der Waals surface area contributed by atoms with Crippen molar-refractivity contribution in [2.24, 2.45) is 0 Å². The summed E-state index contributed by atoms with van der Waals surface area (Å²) in [5.41, 5.74) is -1.38. The van der Waals surface area contributed by atoms with Gasteiger partial charge in [0.25, 0.3) is 8.32 Å². The molecule has 0 aliphatic carbocycles. The Morgan fingerprint density at radius 3 is 2.40 bits per heavy atom. The second kappa shape index (κ2) is 5.24. The molecule has 1 aliphatic rings. The SMILES string of the molecule is CCOC(=O)C1(C)C=C(O[Si](C)(C)C(C)(C)C)C(=O)O1. The van der Waals surface area contributed by atoms with Gasteiger partial charge in [-0.1, -0.05) is 20.8 Å². The normalized spacial score (nSPS) is 23.1. The van der Waals surface area contributed by atoms with Crippen molar-refractivity contribution in [1.29, 1.82) is 0 Å². The average molecular weight is 300 g/mol. The first-order valence-electron chi connectivity index (χ1n) is 6.75. The highest BCUT2D eigenvalue weighted by atomic mass is 28.4. The third kappa shape index (κ3) is 3.23. The van der Waals surface area contributed by atoms with Crippen LogP contribution >= 0.6 is 0 Å². The molecular formula is C14H24O5Si. The molecule has 1 unspecified atom stereocenters. The van der Waals surface area contributed by atoms with Crippen molar-refractivity contribution in [2.45, 2.75) is 58.4 Å². The Kier molecular flexibility index (Phi) is 4.39. The number of rotatable bonds is 4. The molecule has 0 spiro atoms. The fourth-order valence-electron chi connectivity index (χ4n) is 1.46. The quantitative estimate of drug-likeness (QED) is 0.590. The summed E-state index contributed by atoms with van der Waals surface area (Å²) in [6, 6.07) is 0. The summed E-state index contributed by atoms with van der Waals surface area (Å²) in [4.78, 5) is 23.7. The third-order valence-corrected chi connectivity index (χ3v) is 8.11. The lowest BCUT2D eigenvalue weighted by atomic mass is 10.1. The first-order chi connectivity index (χ1) is 8.93. The second-order valence-corrected chi connectivity index (χ2v) is 11.3. The molecular weight excluding hydrogens is 276 g/mol. The zero-order chi connectivity index (χ0) is 15.8. The Bertz CT molecular complexity index is 447. The van der Waals surface area contributed by atoms with Crippen LogP contribution in [0.1, 0.15) is 34.6 Å². The maximum absolute atomic E-state index is 11.9. The van der Waals surface area contributed by atoms with E-state index in [2.05, 4.69) is 20.8 Å². The molecule has 0 saturated carbocycles. The fourth-order valence-corrected chi connectivity index (χ4v) is 2.45. The minimum Gasteiger partial charge on any atom is -0.539 e. The molecule has 1 heterocycles. The highest BCUT2D eigenvalue weighted by Gasteiger charge is 2.48. The standard InChI is InChI=1S/C14H24O5Si/c1-8-17-12(16)14(5)9-10(11(15)18-14)19-20(6,7)13(2,3)4/h9H,8H2,1-7H3. The van der Waals surface area contributed by atoms with E-state index in [9.17, 15) is 9.59 Å². The van der Waals surface area contributed by atoms with Gasteiger partial charge in [-0.15, -0.1) is 0 Å². The monoisotopic (exact) mass is 300 g/mol. The zero-order valence-corrected chi connectivity index (χ0v) is 14.3. The number of ether oxygens (including phenoxy) is 2. The lowest BCUT2D eigenvalue weighted by Gasteiger charge is -2.36. The molecule has 1 aliphatic heterocycles. The van der Waals surface area contributed by atoms with Crippen molar-refractivity contribution in [1.82, 2.24) is 0 Å². The molecule has 0 aromatic heterocycles. The number of cyclic esters (lactones) is 1. The minimum atomic E-state index is -2.15. The average Bonchev–Trinajstić information content (AvgIpc) is 2.53. The lowest BCUT2D eigenvalue weighted by Crippen LogP contribution is -2.41. The molecule has 6 heteroatoms. The molecule has 0 N–H and O–H groups in total. The van der Waals surface area contributed by atoms with E-state index in [4.69, 9.17) is 13.9 Å². The van der Waals surface area contributed by atoms with Gasteiger partial charge in [-0.2, -0.15) is 0 Å². The number of carbonyl (C=O) groups excluding carboxylic acids is 2. The molecule has 0 aromatic rings. The third-order valence-electron chi connectivity index (χ3n) is 3.76. The van der Waals surface area contributed by atoms with Crippen LogP contribution in [0.5, 0.6) is 0 Å². The maximum Gasteiger partial charge on any atom is 0.373 e. The Morgan fingerprint density at radius 1 is 1.40 bits per heavy atom. The summed E-state index contributed by atoms with van der Waals surface area (Å²) in [5.74, 6) is -1.07. The largest absolute Gasteiger partial charge is 0.539 e. The predicted molar refractivity (Wildman–Crippen MR) is 77.5 cm³/mol. The molecule has 0 saturated heterocycles. The highest BCUT2D eigenvalue weighted by Crippen LogP contribution is 2.39. The van der Waals surface area contributed by atoms with Crippen molar-refractivity contribution in [3.8, 4) is 0 Å². The summed E-state index contributed by atoms with van der Waals surface area (Å²) >= 11 is 0. The Hall–Kier alpha value is -1.30. The van der Waals surface area contributed by atoms with Gasteiger partial charge < -0.3 is 13.9 Å². The molecule has 0 radical (unpaired) electrons. The van der Waals surface area contributed by atoms with Crippen molar-refractivity contribution in [2.75, 3.05) is 6.61 Å². The van der Waals surface area contributed by atoms with Gasteiger partial charge in [-0.25, -0.2) is 9.59 Å². The van der Waals surface area contributed by atoms with Crippen molar-refractivity contribution < 1.29 is 23.5 Å². The van der Waals surface area contributed by atoms with Crippen LogP contribution in [0.3, 0.4) is 0 Å². The van der Waals surface area contributed by atoms with E-state index in [-0.39, 0.29) is 17.4 Å². The van der Waals surface area contributed by atoms with Crippen LogP contribution in [0, 0.1) is 0 Å². The van der Waals surface area contributed by atoms with Crippen molar-refractivity contribution in [3.63, 3.8) is 0 Å². The van der Waals surface area contributed by atoms with Gasteiger partial charge in [0.1, 0.15) is 0 Å². The second-order valence-electron chi connectivity index (χ2n) is 6.59. The molecule has 0 amide bonds. The van der Waals surface area contributed by atoms with Gasteiger partial charge >= 0.3 is 11.9 Å². The van der Waals surface area contributed by atoms with E-state index >= 15 is 0 Å². The Balaban J connectivity index is 2.97. The number of hydrogen-bond acceptors (Lipinski definition) is 5. The van der Waals surface area contributed by atoms with E-state index in [0.29, 0.717) is 0 Å². The maximum atomic E-state index is 11.9. The van der Waals surface area contributed by atoms with E-state index in [1.807, 2.05) is 13.1 Å². The smallest absolute Gasteiger partial charge is 0.373 e. The molecule has 1 rings (SSSR count). The summed E-state index contributed by atoms with van der Waals surface area (Å²) in [5, 5.41) is -0.0446. The van der Waals surface area contributed by atoms with Crippen LogP contribution in [0.25, 0.3) is 0 Å². The summed E-state index contributed by atoms with van der Waals surface area (Å²) in [6.07, 6.45) is 1.42. The molecule has 5 nitrogen and oxygen atoms in total. The highest BCUT2D eigenvalue weighted by molar-refractivity contribution is 6.74. The number of carbonyl (C=O) groups is 2. The van der Waals surface area contributed by atoms with E-state index in [1.54, 1.807) is 6.92 Å². The van der Waals surface area contributed by atoms with Gasteiger partial charge in [0.05, 0.1) is 6.61 Å². The predicted octanol–water partition coefficient (Wildman–Crippen LogP) is 2.77.